The highest BCUT2D eigenvalue weighted by atomic mass is 79.9. The largest absolute Gasteiger partial charge is 0.480 e. The van der Waals surface area contributed by atoms with Crippen LogP contribution >= 0.6 is 15.9 Å². The van der Waals surface area contributed by atoms with Crippen molar-refractivity contribution in [1.29, 1.82) is 0 Å². The Morgan fingerprint density at radius 1 is 1.40 bits per heavy atom. The van der Waals surface area contributed by atoms with Crippen LogP contribution in [0.4, 0.5) is 0 Å². The molecule has 2 aliphatic rings. The second-order valence-corrected chi connectivity index (χ2v) is 6.80. The van der Waals surface area contributed by atoms with Crippen molar-refractivity contribution >= 4 is 21.9 Å². The summed E-state index contributed by atoms with van der Waals surface area (Å²) in [7, 11) is 0. The van der Waals surface area contributed by atoms with Crippen molar-refractivity contribution in [2.75, 3.05) is 0 Å². The third-order valence-corrected chi connectivity index (χ3v) is 5.07. The Labute approximate surface area is 127 Å². The molecule has 1 saturated heterocycles. The molecule has 4 nitrogen and oxygen atoms in total. The molecule has 1 aromatic heterocycles. The van der Waals surface area contributed by atoms with Crippen LogP contribution in [-0.4, -0.2) is 33.0 Å². The van der Waals surface area contributed by atoms with E-state index in [0.717, 1.165) is 22.9 Å². The van der Waals surface area contributed by atoms with Gasteiger partial charge in [0.05, 0.1) is 0 Å². The van der Waals surface area contributed by atoms with Gasteiger partial charge in [-0.2, -0.15) is 0 Å². The lowest BCUT2D eigenvalue weighted by molar-refractivity contribution is -0.142. The van der Waals surface area contributed by atoms with Crippen molar-refractivity contribution in [3.8, 4) is 0 Å². The van der Waals surface area contributed by atoms with Crippen molar-refractivity contribution in [3.05, 3.63) is 28.5 Å². The van der Waals surface area contributed by atoms with Gasteiger partial charge in [-0.25, -0.2) is 0 Å². The first-order valence-corrected chi connectivity index (χ1v) is 8.02. The Morgan fingerprint density at radius 2 is 2.20 bits per heavy atom. The summed E-state index contributed by atoms with van der Waals surface area (Å²) in [5, 5.41) is 9.50. The molecule has 5 heteroatoms. The van der Waals surface area contributed by atoms with Crippen molar-refractivity contribution < 1.29 is 9.90 Å². The molecule has 0 aromatic carbocycles. The zero-order chi connectivity index (χ0) is 14.1. The molecule has 0 radical (unpaired) electrons. The zero-order valence-electron chi connectivity index (χ0n) is 11.3. The number of fused-ring (bicyclic) bond motifs is 1. The molecule has 0 amide bonds. The van der Waals surface area contributed by atoms with E-state index in [9.17, 15) is 9.90 Å². The number of halogens is 1. The average molecular weight is 339 g/mol. The number of aromatic nitrogens is 1. The molecular formula is C15H19BrN2O2. The normalized spacial score (nSPS) is 30.1. The second-order valence-electron chi connectivity index (χ2n) is 5.89. The first kappa shape index (κ1) is 14.0. The summed E-state index contributed by atoms with van der Waals surface area (Å²) in [6.45, 7) is 0.685. The van der Waals surface area contributed by atoms with E-state index in [1.807, 2.05) is 12.3 Å². The molecule has 1 N–H and O–H groups in total. The molecule has 1 saturated carbocycles. The number of rotatable bonds is 3. The van der Waals surface area contributed by atoms with Gasteiger partial charge in [0, 0.05) is 29.5 Å². The van der Waals surface area contributed by atoms with Gasteiger partial charge in [-0.05, 0) is 52.7 Å². The molecule has 3 atom stereocenters. The molecule has 20 heavy (non-hydrogen) atoms. The maximum Gasteiger partial charge on any atom is 0.320 e. The van der Waals surface area contributed by atoms with Gasteiger partial charge in [0.2, 0.25) is 0 Å². The average Bonchev–Trinajstić information content (AvgIpc) is 2.78. The first-order valence-electron chi connectivity index (χ1n) is 7.23. The highest BCUT2D eigenvalue weighted by molar-refractivity contribution is 9.10. The Bertz CT molecular complexity index is 508. The van der Waals surface area contributed by atoms with Gasteiger partial charge in [0.15, 0.2) is 0 Å². The number of carboxylic acids is 1. The van der Waals surface area contributed by atoms with Gasteiger partial charge in [0.1, 0.15) is 6.04 Å². The molecule has 1 aliphatic heterocycles. The van der Waals surface area contributed by atoms with E-state index in [0.29, 0.717) is 18.5 Å². The lowest BCUT2D eigenvalue weighted by atomic mass is 9.84. The summed E-state index contributed by atoms with van der Waals surface area (Å²) in [6.07, 6.45) is 9.19. The summed E-state index contributed by atoms with van der Waals surface area (Å²) in [4.78, 5) is 17.9. The highest BCUT2D eigenvalue weighted by Gasteiger charge is 2.44. The second kappa shape index (κ2) is 5.82. The maximum atomic E-state index is 11.5. The van der Waals surface area contributed by atoms with Crippen LogP contribution in [0.5, 0.6) is 0 Å². The summed E-state index contributed by atoms with van der Waals surface area (Å²) in [6, 6.07) is 2.13. The smallest absolute Gasteiger partial charge is 0.320 e. The number of carboxylic acid groups (broad SMARTS) is 1. The third kappa shape index (κ3) is 2.74. The Hall–Kier alpha value is -0.940. The molecule has 2 fully saturated rings. The van der Waals surface area contributed by atoms with E-state index < -0.39 is 5.97 Å². The number of carbonyl (C=O) groups is 1. The Morgan fingerprint density at radius 3 is 2.95 bits per heavy atom. The van der Waals surface area contributed by atoms with Crippen molar-refractivity contribution in [2.24, 2.45) is 5.92 Å². The fourth-order valence-corrected chi connectivity index (χ4v) is 4.19. The molecule has 3 unspecified atom stereocenters. The molecule has 1 aliphatic carbocycles. The van der Waals surface area contributed by atoms with Crippen LogP contribution in [0.2, 0.25) is 0 Å². The minimum atomic E-state index is -0.678. The number of pyridine rings is 1. The van der Waals surface area contributed by atoms with Gasteiger partial charge in [-0.1, -0.05) is 12.8 Å². The maximum absolute atomic E-state index is 11.5. The number of likely N-dealkylation sites (tertiary alicyclic amines) is 1. The van der Waals surface area contributed by atoms with Gasteiger partial charge in [-0.15, -0.1) is 0 Å². The summed E-state index contributed by atoms with van der Waals surface area (Å²) < 4.78 is 0.946. The monoisotopic (exact) mass is 338 g/mol. The Kier molecular flexibility index (Phi) is 4.08. The van der Waals surface area contributed by atoms with E-state index >= 15 is 0 Å². The van der Waals surface area contributed by atoms with E-state index in [2.05, 4.69) is 25.8 Å². The van der Waals surface area contributed by atoms with Crippen LogP contribution in [0.25, 0.3) is 0 Å². The van der Waals surface area contributed by atoms with E-state index in [-0.39, 0.29) is 6.04 Å². The van der Waals surface area contributed by atoms with Gasteiger partial charge in [0.25, 0.3) is 0 Å². The molecule has 2 heterocycles. The number of hydrogen-bond acceptors (Lipinski definition) is 3. The number of aliphatic carboxylic acids is 1. The quantitative estimate of drug-likeness (QED) is 0.920. The van der Waals surface area contributed by atoms with Gasteiger partial charge in [-0.3, -0.25) is 14.7 Å². The lowest BCUT2D eigenvalue weighted by Gasteiger charge is -2.32. The minimum absolute atomic E-state index is 0.331. The predicted octanol–water partition coefficient (Wildman–Crippen LogP) is 3.06. The van der Waals surface area contributed by atoms with E-state index in [1.165, 1.54) is 19.3 Å². The van der Waals surface area contributed by atoms with Crippen LogP contribution < -0.4 is 0 Å². The van der Waals surface area contributed by atoms with E-state index in [4.69, 9.17) is 0 Å². The zero-order valence-corrected chi connectivity index (χ0v) is 12.9. The summed E-state index contributed by atoms with van der Waals surface area (Å²) in [5.74, 6) is -0.118. The SMILES string of the molecule is O=C(O)C1CC2CCCCC2N1Cc1cncc(Br)c1. The van der Waals surface area contributed by atoms with Crippen LogP contribution in [0.3, 0.4) is 0 Å². The summed E-state index contributed by atoms with van der Waals surface area (Å²) >= 11 is 3.43. The van der Waals surface area contributed by atoms with Crippen LogP contribution in [0.15, 0.2) is 22.9 Å². The Balaban J connectivity index is 1.82. The van der Waals surface area contributed by atoms with E-state index in [1.54, 1.807) is 6.20 Å². The minimum Gasteiger partial charge on any atom is -0.480 e. The third-order valence-electron chi connectivity index (χ3n) is 4.63. The van der Waals surface area contributed by atoms with Gasteiger partial charge < -0.3 is 5.11 Å². The summed E-state index contributed by atoms with van der Waals surface area (Å²) in [5.41, 5.74) is 1.08. The number of nitrogens with zero attached hydrogens (tertiary/aromatic N) is 2. The topological polar surface area (TPSA) is 53.4 Å². The fraction of sp³-hybridized carbons (Fsp3) is 0.600. The number of hydrogen-bond donors (Lipinski definition) is 1. The molecule has 108 valence electrons. The van der Waals surface area contributed by atoms with Crippen molar-refractivity contribution in [1.82, 2.24) is 9.88 Å². The van der Waals surface area contributed by atoms with Crippen LogP contribution in [0, 0.1) is 5.92 Å². The highest BCUT2D eigenvalue weighted by Crippen LogP contribution is 2.40. The fourth-order valence-electron chi connectivity index (χ4n) is 3.78. The first-order chi connectivity index (χ1) is 9.65. The molecule has 0 spiro atoms. The molecular weight excluding hydrogens is 320 g/mol. The molecule has 1 aromatic rings. The molecule has 3 rings (SSSR count). The van der Waals surface area contributed by atoms with Crippen LogP contribution in [-0.2, 0) is 11.3 Å². The standard InChI is InChI=1S/C15H19BrN2O2/c16-12-5-10(7-17-8-12)9-18-13-4-2-1-3-11(13)6-14(18)15(19)20/h5,7-8,11,13-14H,1-4,6,9H2,(H,19,20). The van der Waals surface area contributed by atoms with Crippen LogP contribution in [0.1, 0.15) is 37.7 Å². The molecule has 0 bridgehead atoms. The van der Waals surface area contributed by atoms with Gasteiger partial charge >= 0.3 is 5.97 Å². The lowest BCUT2D eigenvalue weighted by Crippen LogP contribution is -2.41. The van der Waals surface area contributed by atoms with Crippen molar-refractivity contribution in [3.63, 3.8) is 0 Å². The van der Waals surface area contributed by atoms with Crippen molar-refractivity contribution in [2.45, 2.75) is 50.7 Å². The predicted molar refractivity (Wildman–Crippen MR) is 79.3 cm³/mol.